The number of pyridine rings is 1. The summed E-state index contributed by atoms with van der Waals surface area (Å²) in [6.07, 6.45) is 0. The van der Waals surface area contributed by atoms with Gasteiger partial charge in [0.25, 0.3) is 0 Å². The summed E-state index contributed by atoms with van der Waals surface area (Å²) < 4.78 is 11.6. The summed E-state index contributed by atoms with van der Waals surface area (Å²) in [7, 11) is 1.55. The van der Waals surface area contributed by atoms with Gasteiger partial charge < -0.3 is 15.2 Å². The van der Waals surface area contributed by atoms with Crippen molar-refractivity contribution in [2.45, 2.75) is 6.61 Å². The highest BCUT2D eigenvalue weighted by Gasteiger charge is 2.06. The molecule has 5 heteroatoms. The molecule has 0 aliphatic carbocycles. The molecule has 0 bridgehead atoms. The quantitative estimate of drug-likeness (QED) is 0.943. The van der Waals surface area contributed by atoms with Crippen molar-refractivity contribution in [3.8, 4) is 11.8 Å². The molecule has 0 saturated carbocycles. The minimum atomic E-state index is 0.380. The fourth-order valence-corrected chi connectivity index (χ4v) is 1.82. The molecule has 0 aliphatic heterocycles. The first kappa shape index (κ1) is 12.7. The molecule has 0 unspecified atom stereocenters. The minimum absolute atomic E-state index is 0.380. The fourth-order valence-electron chi connectivity index (χ4n) is 1.43. The molecule has 18 heavy (non-hydrogen) atoms. The molecule has 0 spiro atoms. The number of nitrogen functional groups attached to an aromatic ring is 1. The molecule has 0 atom stereocenters. The topological polar surface area (TPSA) is 57.4 Å². The lowest BCUT2D eigenvalue weighted by Gasteiger charge is -2.10. The SMILES string of the molecule is COc1ccc(N)c(OCc2ccccc2Br)n1. The highest BCUT2D eigenvalue weighted by molar-refractivity contribution is 9.10. The molecule has 2 N–H and O–H groups in total. The van der Waals surface area contributed by atoms with Crippen LogP contribution < -0.4 is 15.2 Å². The van der Waals surface area contributed by atoms with Crippen molar-refractivity contribution in [1.82, 2.24) is 4.98 Å². The molecule has 2 rings (SSSR count). The van der Waals surface area contributed by atoms with E-state index in [0.717, 1.165) is 10.0 Å². The molecule has 94 valence electrons. The van der Waals surface area contributed by atoms with E-state index in [1.807, 2.05) is 24.3 Å². The van der Waals surface area contributed by atoms with Gasteiger partial charge in [0.1, 0.15) is 6.61 Å². The molecule has 0 amide bonds. The van der Waals surface area contributed by atoms with E-state index in [9.17, 15) is 0 Å². The number of hydrogen-bond donors (Lipinski definition) is 1. The van der Waals surface area contributed by atoms with Gasteiger partial charge in [-0.05, 0) is 12.1 Å². The Morgan fingerprint density at radius 1 is 1.22 bits per heavy atom. The summed E-state index contributed by atoms with van der Waals surface area (Å²) >= 11 is 3.46. The monoisotopic (exact) mass is 308 g/mol. The third-order valence-corrected chi connectivity index (χ3v) is 3.17. The number of nitrogens with zero attached hydrogens (tertiary/aromatic N) is 1. The van der Waals surface area contributed by atoms with Crippen LogP contribution in [-0.4, -0.2) is 12.1 Å². The average molecular weight is 309 g/mol. The number of ether oxygens (including phenoxy) is 2. The van der Waals surface area contributed by atoms with E-state index in [0.29, 0.717) is 24.1 Å². The Labute approximate surface area is 114 Å². The number of aromatic nitrogens is 1. The van der Waals surface area contributed by atoms with Crippen LogP contribution >= 0.6 is 15.9 Å². The van der Waals surface area contributed by atoms with Gasteiger partial charge in [-0.2, -0.15) is 4.98 Å². The van der Waals surface area contributed by atoms with Crippen LogP contribution in [0, 0.1) is 0 Å². The Morgan fingerprint density at radius 3 is 2.72 bits per heavy atom. The average Bonchev–Trinajstić information content (AvgIpc) is 2.39. The van der Waals surface area contributed by atoms with Crippen molar-refractivity contribution < 1.29 is 9.47 Å². The van der Waals surface area contributed by atoms with Crippen molar-refractivity contribution >= 4 is 21.6 Å². The first-order chi connectivity index (χ1) is 8.70. The maximum absolute atomic E-state index is 5.79. The van der Waals surface area contributed by atoms with Gasteiger partial charge >= 0.3 is 0 Å². The third-order valence-electron chi connectivity index (χ3n) is 2.40. The second kappa shape index (κ2) is 5.73. The lowest BCUT2D eigenvalue weighted by Crippen LogP contribution is -2.02. The Bertz CT molecular complexity index is 546. The molecule has 0 saturated heterocycles. The standard InChI is InChI=1S/C13H13BrN2O2/c1-17-12-7-6-11(15)13(16-12)18-8-9-4-2-3-5-10(9)14/h2-7H,8,15H2,1H3. The van der Waals surface area contributed by atoms with Crippen molar-refractivity contribution in [3.05, 3.63) is 46.4 Å². The Kier molecular flexibility index (Phi) is 4.04. The van der Waals surface area contributed by atoms with E-state index in [-0.39, 0.29) is 0 Å². The number of rotatable bonds is 4. The predicted molar refractivity (Wildman–Crippen MR) is 73.7 cm³/mol. The molecule has 4 nitrogen and oxygen atoms in total. The van der Waals surface area contributed by atoms with E-state index >= 15 is 0 Å². The number of anilines is 1. The van der Waals surface area contributed by atoms with Gasteiger partial charge in [0, 0.05) is 16.1 Å². The minimum Gasteiger partial charge on any atom is -0.481 e. The lowest BCUT2D eigenvalue weighted by atomic mass is 10.2. The smallest absolute Gasteiger partial charge is 0.240 e. The normalized spacial score (nSPS) is 10.1. The molecular formula is C13H13BrN2O2. The van der Waals surface area contributed by atoms with Crippen LogP contribution in [0.2, 0.25) is 0 Å². The zero-order chi connectivity index (χ0) is 13.0. The second-order valence-electron chi connectivity index (χ2n) is 3.63. The Hall–Kier alpha value is -1.75. The van der Waals surface area contributed by atoms with Gasteiger partial charge in [0.15, 0.2) is 0 Å². The summed E-state index contributed by atoms with van der Waals surface area (Å²) in [5.41, 5.74) is 7.31. The van der Waals surface area contributed by atoms with Gasteiger partial charge in [-0.3, -0.25) is 0 Å². The van der Waals surface area contributed by atoms with E-state index in [4.69, 9.17) is 15.2 Å². The molecule has 2 aromatic rings. The summed E-state index contributed by atoms with van der Waals surface area (Å²) in [5, 5.41) is 0. The number of methoxy groups -OCH3 is 1. The zero-order valence-corrected chi connectivity index (χ0v) is 11.5. The fraction of sp³-hybridized carbons (Fsp3) is 0.154. The third kappa shape index (κ3) is 2.92. The maximum atomic E-state index is 5.79. The van der Waals surface area contributed by atoms with Crippen LogP contribution in [0.3, 0.4) is 0 Å². The van der Waals surface area contributed by atoms with Gasteiger partial charge in [-0.15, -0.1) is 0 Å². The van der Waals surface area contributed by atoms with Gasteiger partial charge in [-0.1, -0.05) is 34.1 Å². The first-order valence-electron chi connectivity index (χ1n) is 5.37. The molecule has 1 heterocycles. The van der Waals surface area contributed by atoms with E-state index in [1.165, 1.54) is 0 Å². The number of hydrogen-bond acceptors (Lipinski definition) is 4. The van der Waals surface area contributed by atoms with E-state index in [1.54, 1.807) is 19.2 Å². The van der Waals surface area contributed by atoms with Crippen molar-refractivity contribution in [2.75, 3.05) is 12.8 Å². The number of halogens is 1. The summed E-state index contributed by atoms with van der Waals surface area (Å²) in [4.78, 5) is 4.15. The van der Waals surface area contributed by atoms with Gasteiger partial charge in [0.05, 0.1) is 12.8 Å². The van der Waals surface area contributed by atoms with E-state index in [2.05, 4.69) is 20.9 Å². The Balaban J connectivity index is 2.13. The van der Waals surface area contributed by atoms with Crippen LogP contribution in [0.25, 0.3) is 0 Å². The summed E-state index contributed by atoms with van der Waals surface area (Å²) in [5.74, 6) is 0.858. The Morgan fingerprint density at radius 2 is 2.00 bits per heavy atom. The van der Waals surface area contributed by atoms with E-state index < -0.39 is 0 Å². The molecule has 0 fully saturated rings. The summed E-state index contributed by atoms with van der Waals surface area (Å²) in [6.45, 7) is 0.395. The van der Waals surface area contributed by atoms with Crippen LogP contribution in [0.4, 0.5) is 5.69 Å². The predicted octanol–water partition coefficient (Wildman–Crippen LogP) is 3.01. The number of nitrogens with two attached hydrogens (primary N) is 1. The lowest BCUT2D eigenvalue weighted by molar-refractivity contribution is 0.288. The zero-order valence-electron chi connectivity index (χ0n) is 9.89. The van der Waals surface area contributed by atoms with Crippen LogP contribution in [0.5, 0.6) is 11.8 Å². The highest BCUT2D eigenvalue weighted by atomic mass is 79.9. The maximum Gasteiger partial charge on any atom is 0.240 e. The van der Waals surface area contributed by atoms with Crippen LogP contribution in [0.15, 0.2) is 40.9 Å². The highest BCUT2D eigenvalue weighted by Crippen LogP contribution is 2.24. The molecule has 0 aliphatic rings. The second-order valence-corrected chi connectivity index (χ2v) is 4.48. The molecule has 0 radical (unpaired) electrons. The molecule has 1 aromatic carbocycles. The van der Waals surface area contributed by atoms with Crippen molar-refractivity contribution in [3.63, 3.8) is 0 Å². The van der Waals surface area contributed by atoms with Crippen LogP contribution in [-0.2, 0) is 6.61 Å². The molecule has 1 aromatic heterocycles. The van der Waals surface area contributed by atoms with Gasteiger partial charge in [0.2, 0.25) is 11.8 Å². The van der Waals surface area contributed by atoms with Crippen molar-refractivity contribution in [2.24, 2.45) is 0 Å². The molecular weight excluding hydrogens is 296 g/mol. The van der Waals surface area contributed by atoms with Crippen molar-refractivity contribution in [1.29, 1.82) is 0 Å². The summed E-state index contributed by atoms with van der Waals surface area (Å²) in [6, 6.07) is 11.2. The largest absolute Gasteiger partial charge is 0.481 e. The van der Waals surface area contributed by atoms with Gasteiger partial charge in [-0.25, -0.2) is 0 Å². The first-order valence-corrected chi connectivity index (χ1v) is 6.16. The number of benzene rings is 1. The van der Waals surface area contributed by atoms with Crippen LogP contribution in [0.1, 0.15) is 5.56 Å².